The minimum absolute atomic E-state index is 0.0571. The van der Waals surface area contributed by atoms with E-state index in [1.54, 1.807) is 29.2 Å². The van der Waals surface area contributed by atoms with Crippen molar-refractivity contribution < 1.29 is 18.3 Å². The largest absolute Gasteiger partial charge is 0.480 e. The van der Waals surface area contributed by atoms with Crippen LogP contribution in [0.1, 0.15) is 12.8 Å². The quantitative estimate of drug-likeness (QED) is 0.800. The first kappa shape index (κ1) is 15.5. The Labute approximate surface area is 126 Å². The van der Waals surface area contributed by atoms with E-state index >= 15 is 0 Å². The second kappa shape index (κ2) is 6.24. The maximum absolute atomic E-state index is 12.2. The van der Waals surface area contributed by atoms with Gasteiger partial charge in [-0.1, -0.05) is 15.9 Å². The van der Waals surface area contributed by atoms with Crippen molar-refractivity contribution in [1.29, 1.82) is 0 Å². The Hall–Kier alpha value is -0.920. The van der Waals surface area contributed by atoms with Crippen LogP contribution in [0.2, 0.25) is 0 Å². The van der Waals surface area contributed by atoms with Gasteiger partial charge in [0.15, 0.2) is 9.84 Å². The predicted molar refractivity (Wildman–Crippen MR) is 78.4 cm³/mol. The van der Waals surface area contributed by atoms with Gasteiger partial charge in [-0.3, -0.25) is 9.69 Å². The lowest BCUT2D eigenvalue weighted by atomic mass is 10.4. The van der Waals surface area contributed by atoms with Gasteiger partial charge in [-0.05, 0) is 37.1 Å². The molecule has 5 nitrogen and oxygen atoms in total. The van der Waals surface area contributed by atoms with Crippen molar-refractivity contribution in [1.82, 2.24) is 4.90 Å². The molecule has 0 heterocycles. The molecular formula is C13H16BrNO4S. The first-order valence-electron chi connectivity index (χ1n) is 6.32. The smallest absolute Gasteiger partial charge is 0.317 e. The Morgan fingerprint density at radius 2 is 1.90 bits per heavy atom. The number of carboxylic acid groups (broad SMARTS) is 1. The molecule has 0 amide bonds. The van der Waals surface area contributed by atoms with Crippen LogP contribution in [0.3, 0.4) is 0 Å². The van der Waals surface area contributed by atoms with Gasteiger partial charge >= 0.3 is 5.97 Å². The van der Waals surface area contributed by atoms with Crippen molar-refractivity contribution in [2.75, 3.05) is 18.8 Å². The van der Waals surface area contributed by atoms with Gasteiger partial charge in [-0.15, -0.1) is 0 Å². The summed E-state index contributed by atoms with van der Waals surface area (Å²) in [6, 6.07) is 6.70. The van der Waals surface area contributed by atoms with Crippen molar-refractivity contribution in [3.05, 3.63) is 28.7 Å². The summed E-state index contributed by atoms with van der Waals surface area (Å²) in [7, 11) is -3.37. The summed E-state index contributed by atoms with van der Waals surface area (Å²) in [5.74, 6) is -0.976. The molecule has 1 saturated carbocycles. The molecule has 0 atom stereocenters. The number of carboxylic acids is 1. The normalized spacial score (nSPS) is 15.5. The number of aliphatic carboxylic acids is 1. The van der Waals surface area contributed by atoms with Crippen LogP contribution in [0.25, 0.3) is 0 Å². The zero-order valence-electron chi connectivity index (χ0n) is 10.8. The van der Waals surface area contributed by atoms with Crippen molar-refractivity contribution in [3.63, 3.8) is 0 Å². The van der Waals surface area contributed by atoms with E-state index in [0.717, 1.165) is 17.3 Å². The molecule has 0 saturated heterocycles. The van der Waals surface area contributed by atoms with Gasteiger partial charge in [-0.2, -0.15) is 0 Å². The molecule has 0 unspecified atom stereocenters. The van der Waals surface area contributed by atoms with E-state index < -0.39 is 15.8 Å². The van der Waals surface area contributed by atoms with E-state index in [9.17, 15) is 13.2 Å². The number of halogens is 1. The summed E-state index contributed by atoms with van der Waals surface area (Å²) in [5.41, 5.74) is 0. The number of sulfone groups is 1. The minimum atomic E-state index is -3.37. The van der Waals surface area contributed by atoms with Crippen molar-refractivity contribution in [2.45, 2.75) is 23.8 Å². The first-order valence-corrected chi connectivity index (χ1v) is 8.77. The highest BCUT2D eigenvalue weighted by Gasteiger charge is 2.31. The molecule has 1 N–H and O–H groups in total. The van der Waals surface area contributed by atoms with Crippen LogP contribution in [0, 0.1) is 0 Å². The van der Waals surface area contributed by atoms with E-state index in [4.69, 9.17) is 5.11 Å². The molecule has 1 aromatic rings. The van der Waals surface area contributed by atoms with Crippen molar-refractivity contribution >= 4 is 31.7 Å². The highest BCUT2D eigenvalue weighted by atomic mass is 79.9. The summed E-state index contributed by atoms with van der Waals surface area (Å²) >= 11 is 3.26. The Morgan fingerprint density at radius 3 is 2.40 bits per heavy atom. The predicted octanol–water partition coefficient (Wildman–Crippen LogP) is 1.77. The van der Waals surface area contributed by atoms with E-state index in [2.05, 4.69) is 15.9 Å². The summed E-state index contributed by atoms with van der Waals surface area (Å²) in [5, 5.41) is 8.84. The van der Waals surface area contributed by atoms with Crippen LogP contribution < -0.4 is 0 Å². The van der Waals surface area contributed by atoms with E-state index in [0.29, 0.717) is 0 Å². The fraction of sp³-hybridized carbons (Fsp3) is 0.462. The topological polar surface area (TPSA) is 74.7 Å². The number of nitrogens with zero attached hydrogens (tertiary/aromatic N) is 1. The van der Waals surface area contributed by atoms with Gasteiger partial charge in [0.1, 0.15) is 0 Å². The number of carbonyl (C=O) groups is 1. The molecular weight excluding hydrogens is 346 g/mol. The highest BCUT2D eigenvalue weighted by molar-refractivity contribution is 9.10. The molecule has 0 radical (unpaired) electrons. The van der Waals surface area contributed by atoms with Gasteiger partial charge in [0, 0.05) is 17.1 Å². The average Bonchev–Trinajstić information content (AvgIpc) is 3.19. The molecule has 2 rings (SSSR count). The van der Waals surface area contributed by atoms with Gasteiger partial charge < -0.3 is 5.11 Å². The van der Waals surface area contributed by atoms with Crippen LogP contribution >= 0.6 is 15.9 Å². The average molecular weight is 362 g/mol. The third-order valence-corrected chi connectivity index (χ3v) is 5.46. The summed E-state index contributed by atoms with van der Waals surface area (Å²) in [6.07, 6.45) is 1.90. The number of hydrogen-bond donors (Lipinski definition) is 1. The van der Waals surface area contributed by atoms with Gasteiger partial charge in [0.05, 0.1) is 17.2 Å². The third kappa shape index (κ3) is 4.29. The minimum Gasteiger partial charge on any atom is -0.480 e. The van der Waals surface area contributed by atoms with Crippen molar-refractivity contribution in [3.8, 4) is 0 Å². The fourth-order valence-electron chi connectivity index (χ4n) is 2.00. The molecule has 1 aliphatic carbocycles. The molecule has 1 aromatic carbocycles. The highest BCUT2D eigenvalue weighted by Crippen LogP contribution is 2.26. The van der Waals surface area contributed by atoms with Crippen LogP contribution in [-0.4, -0.2) is 49.3 Å². The second-order valence-electron chi connectivity index (χ2n) is 4.87. The Kier molecular flexibility index (Phi) is 4.82. The fourth-order valence-corrected chi connectivity index (χ4v) is 3.53. The summed E-state index contributed by atoms with van der Waals surface area (Å²) < 4.78 is 25.2. The molecule has 0 aromatic heterocycles. The summed E-state index contributed by atoms with van der Waals surface area (Å²) in [4.78, 5) is 12.8. The molecule has 0 aliphatic heterocycles. The van der Waals surface area contributed by atoms with Gasteiger partial charge in [-0.25, -0.2) is 8.42 Å². The Balaban J connectivity index is 2.00. The maximum Gasteiger partial charge on any atom is 0.317 e. The second-order valence-corrected chi connectivity index (χ2v) is 7.89. The molecule has 20 heavy (non-hydrogen) atoms. The van der Waals surface area contributed by atoms with Crippen LogP contribution in [0.4, 0.5) is 0 Å². The van der Waals surface area contributed by atoms with E-state index in [-0.39, 0.29) is 29.8 Å². The monoisotopic (exact) mass is 361 g/mol. The lowest BCUT2D eigenvalue weighted by molar-refractivity contribution is -0.138. The molecule has 0 spiro atoms. The molecule has 7 heteroatoms. The molecule has 1 aliphatic rings. The lowest BCUT2D eigenvalue weighted by Gasteiger charge is -2.19. The summed E-state index contributed by atoms with van der Waals surface area (Å²) in [6.45, 7) is 0.163. The van der Waals surface area contributed by atoms with E-state index in [1.807, 2.05) is 0 Å². The number of hydrogen-bond acceptors (Lipinski definition) is 4. The number of benzene rings is 1. The SMILES string of the molecule is O=C(O)CN(CCS(=O)(=O)c1ccc(Br)cc1)C1CC1. The molecule has 1 fully saturated rings. The van der Waals surface area contributed by atoms with Crippen molar-refractivity contribution in [2.24, 2.45) is 0 Å². The molecule has 0 bridgehead atoms. The standard InChI is InChI=1S/C13H16BrNO4S/c14-10-1-5-12(6-2-10)20(18,19)8-7-15(9-13(16)17)11-3-4-11/h1-2,5-6,11H,3-4,7-9H2,(H,16,17). The van der Waals surface area contributed by atoms with Crippen LogP contribution in [0.5, 0.6) is 0 Å². The number of rotatable bonds is 7. The zero-order chi connectivity index (χ0) is 14.8. The molecule has 110 valence electrons. The van der Waals surface area contributed by atoms with Crippen LogP contribution in [-0.2, 0) is 14.6 Å². The lowest BCUT2D eigenvalue weighted by Crippen LogP contribution is -2.35. The Morgan fingerprint density at radius 1 is 1.30 bits per heavy atom. The Bertz CT molecular complexity index is 581. The van der Waals surface area contributed by atoms with E-state index in [1.165, 1.54) is 0 Å². The zero-order valence-corrected chi connectivity index (χ0v) is 13.2. The first-order chi connectivity index (χ1) is 9.38. The van der Waals surface area contributed by atoms with Gasteiger partial charge in [0.2, 0.25) is 0 Å². The van der Waals surface area contributed by atoms with Crippen LogP contribution in [0.15, 0.2) is 33.6 Å². The third-order valence-electron chi connectivity index (χ3n) is 3.22. The maximum atomic E-state index is 12.2. The van der Waals surface area contributed by atoms with Gasteiger partial charge in [0.25, 0.3) is 0 Å².